The summed E-state index contributed by atoms with van der Waals surface area (Å²) in [5.41, 5.74) is 2.73. The van der Waals surface area contributed by atoms with Gasteiger partial charge in [-0.05, 0) is 35.0 Å². The molecule has 0 fully saturated rings. The molecule has 0 saturated carbocycles. The Bertz CT molecular complexity index is 1210. The predicted octanol–water partition coefficient (Wildman–Crippen LogP) is 4.71. The number of hydrogen-bond acceptors (Lipinski definition) is 4. The monoisotopic (exact) mass is 337 g/mol. The lowest BCUT2D eigenvalue weighted by atomic mass is 10.1. The number of fused-ring (bicyclic) bond motifs is 2. The molecular weight excluding hydrogens is 322 g/mol. The number of nitrogens with one attached hydrogen (secondary N) is 1. The quantitative estimate of drug-likeness (QED) is 0.518. The van der Waals surface area contributed by atoms with Gasteiger partial charge in [0.2, 0.25) is 0 Å². The van der Waals surface area contributed by atoms with Crippen LogP contribution in [0.1, 0.15) is 0 Å². The number of benzene rings is 3. The van der Waals surface area contributed by atoms with E-state index < -0.39 is 0 Å². The van der Waals surface area contributed by atoms with Crippen molar-refractivity contribution in [1.82, 2.24) is 19.7 Å². The van der Waals surface area contributed by atoms with Crippen LogP contribution in [-0.2, 0) is 0 Å². The SMILES string of the molecule is c1ccc(-n2ncc3c(Nc4ccc5ccccc5c4)ncnc32)cc1. The van der Waals surface area contributed by atoms with Crippen LogP contribution in [0, 0.1) is 0 Å². The van der Waals surface area contributed by atoms with E-state index in [-0.39, 0.29) is 0 Å². The minimum atomic E-state index is 0.743. The average molecular weight is 337 g/mol. The zero-order valence-electron chi connectivity index (χ0n) is 13.9. The van der Waals surface area contributed by atoms with Gasteiger partial charge in [-0.25, -0.2) is 14.6 Å². The second kappa shape index (κ2) is 5.97. The number of nitrogens with zero attached hydrogens (tertiary/aromatic N) is 4. The third kappa shape index (κ3) is 2.46. The van der Waals surface area contributed by atoms with Gasteiger partial charge in [0.05, 0.1) is 17.3 Å². The number of aromatic nitrogens is 4. The Morgan fingerprint density at radius 2 is 1.58 bits per heavy atom. The van der Waals surface area contributed by atoms with Gasteiger partial charge in [0.1, 0.15) is 12.1 Å². The van der Waals surface area contributed by atoms with Crippen molar-refractivity contribution in [2.24, 2.45) is 0 Å². The summed E-state index contributed by atoms with van der Waals surface area (Å²) in [4.78, 5) is 8.83. The summed E-state index contributed by atoms with van der Waals surface area (Å²) >= 11 is 0. The first-order valence-corrected chi connectivity index (χ1v) is 8.38. The van der Waals surface area contributed by atoms with Gasteiger partial charge in [0, 0.05) is 5.69 Å². The average Bonchev–Trinajstić information content (AvgIpc) is 3.14. The van der Waals surface area contributed by atoms with Crippen molar-refractivity contribution in [3.63, 3.8) is 0 Å². The first kappa shape index (κ1) is 14.6. The zero-order valence-corrected chi connectivity index (χ0v) is 13.9. The van der Waals surface area contributed by atoms with Crippen LogP contribution in [0.5, 0.6) is 0 Å². The Balaban J connectivity index is 1.57. The van der Waals surface area contributed by atoms with E-state index in [4.69, 9.17) is 0 Å². The Kier molecular flexibility index (Phi) is 3.35. The molecule has 0 unspecified atom stereocenters. The van der Waals surface area contributed by atoms with Crippen molar-refractivity contribution in [1.29, 1.82) is 0 Å². The lowest BCUT2D eigenvalue weighted by Gasteiger charge is -2.08. The number of rotatable bonds is 3. The molecule has 0 bridgehead atoms. The highest BCUT2D eigenvalue weighted by atomic mass is 15.3. The van der Waals surface area contributed by atoms with Gasteiger partial charge in [-0.1, -0.05) is 48.5 Å². The second-order valence-corrected chi connectivity index (χ2v) is 6.04. The van der Waals surface area contributed by atoms with Crippen LogP contribution in [0.2, 0.25) is 0 Å². The summed E-state index contributed by atoms with van der Waals surface area (Å²) in [5.74, 6) is 0.743. The van der Waals surface area contributed by atoms with E-state index in [0.29, 0.717) is 0 Å². The van der Waals surface area contributed by atoms with Crippen LogP contribution in [-0.4, -0.2) is 19.7 Å². The number of hydrogen-bond donors (Lipinski definition) is 1. The molecule has 5 heteroatoms. The fourth-order valence-electron chi connectivity index (χ4n) is 3.11. The maximum absolute atomic E-state index is 4.49. The molecule has 2 heterocycles. The fraction of sp³-hybridized carbons (Fsp3) is 0. The first-order chi connectivity index (χ1) is 12.9. The van der Waals surface area contributed by atoms with Gasteiger partial charge in [-0.3, -0.25) is 0 Å². The van der Waals surface area contributed by atoms with E-state index in [0.717, 1.165) is 28.2 Å². The van der Waals surface area contributed by atoms with E-state index in [9.17, 15) is 0 Å². The summed E-state index contributed by atoms with van der Waals surface area (Å²) in [6.45, 7) is 0. The number of anilines is 2. The Morgan fingerprint density at radius 3 is 2.46 bits per heavy atom. The van der Waals surface area contributed by atoms with Crippen molar-refractivity contribution in [3.05, 3.63) is 85.3 Å². The zero-order chi connectivity index (χ0) is 17.3. The molecular formula is C21H15N5. The summed E-state index contributed by atoms with van der Waals surface area (Å²) in [5, 5.41) is 11.2. The molecule has 124 valence electrons. The molecule has 0 aliphatic heterocycles. The molecule has 0 radical (unpaired) electrons. The molecule has 2 aromatic heterocycles. The van der Waals surface area contributed by atoms with Crippen molar-refractivity contribution < 1.29 is 0 Å². The molecule has 26 heavy (non-hydrogen) atoms. The lowest BCUT2D eigenvalue weighted by Crippen LogP contribution is -1.99. The van der Waals surface area contributed by atoms with Crippen molar-refractivity contribution in [2.45, 2.75) is 0 Å². The van der Waals surface area contributed by atoms with Crippen LogP contribution in [0.4, 0.5) is 11.5 Å². The summed E-state index contributed by atoms with van der Waals surface area (Å²) in [6, 6.07) is 24.5. The molecule has 5 nitrogen and oxygen atoms in total. The highest BCUT2D eigenvalue weighted by Crippen LogP contribution is 2.26. The van der Waals surface area contributed by atoms with Gasteiger partial charge in [-0.15, -0.1) is 0 Å². The molecule has 0 aliphatic carbocycles. The standard InChI is InChI=1S/C21H15N5/c1-2-8-18(9-3-1)26-21-19(13-24-26)20(22-14-23-21)25-17-11-10-15-6-4-5-7-16(15)12-17/h1-14H,(H,22,23,25). The highest BCUT2D eigenvalue weighted by Gasteiger charge is 2.11. The molecule has 0 spiro atoms. The van der Waals surface area contributed by atoms with Crippen LogP contribution < -0.4 is 5.32 Å². The van der Waals surface area contributed by atoms with Gasteiger partial charge >= 0.3 is 0 Å². The maximum Gasteiger partial charge on any atom is 0.168 e. The topological polar surface area (TPSA) is 55.6 Å². The van der Waals surface area contributed by atoms with E-state index in [1.165, 1.54) is 10.8 Å². The lowest BCUT2D eigenvalue weighted by molar-refractivity contribution is 0.895. The molecule has 0 aliphatic rings. The minimum absolute atomic E-state index is 0.743. The largest absolute Gasteiger partial charge is 0.339 e. The van der Waals surface area contributed by atoms with E-state index in [2.05, 4.69) is 50.7 Å². The summed E-state index contributed by atoms with van der Waals surface area (Å²) in [6.07, 6.45) is 3.36. The Morgan fingerprint density at radius 1 is 0.769 bits per heavy atom. The molecule has 1 N–H and O–H groups in total. The number of para-hydroxylation sites is 1. The molecule has 0 amide bonds. The minimum Gasteiger partial charge on any atom is -0.339 e. The predicted molar refractivity (Wildman–Crippen MR) is 104 cm³/mol. The van der Waals surface area contributed by atoms with Crippen molar-refractivity contribution in [3.8, 4) is 5.69 Å². The fourth-order valence-corrected chi connectivity index (χ4v) is 3.11. The van der Waals surface area contributed by atoms with Crippen LogP contribution in [0.25, 0.3) is 27.5 Å². The van der Waals surface area contributed by atoms with E-state index in [1.54, 1.807) is 12.5 Å². The van der Waals surface area contributed by atoms with E-state index in [1.807, 2.05) is 47.1 Å². The molecule has 5 rings (SSSR count). The van der Waals surface area contributed by atoms with Crippen LogP contribution >= 0.6 is 0 Å². The van der Waals surface area contributed by atoms with Gasteiger partial charge in [0.15, 0.2) is 5.65 Å². The molecule has 5 aromatic rings. The van der Waals surface area contributed by atoms with Crippen molar-refractivity contribution in [2.75, 3.05) is 5.32 Å². The van der Waals surface area contributed by atoms with Crippen molar-refractivity contribution >= 4 is 33.3 Å². The van der Waals surface area contributed by atoms with Gasteiger partial charge in [0.25, 0.3) is 0 Å². The van der Waals surface area contributed by atoms with E-state index >= 15 is 0 Å². The summed E-state index contributed by atoms with van der Waals surface area (Å²) in [7, 11) is 0. The molecule has 3 aromatic carbocycles. The molecule has 0 atom stereocenters. The highest BCUT2D eigenvalue weighted by molar-refractivity contribution is 5.91. The second-order valence-electron chi connectivity index (χ2n) is 6.04. The molecule has 0 saturated heterocycles. The smallest absolute Gasteiger partial charge is 0.168 e. The third-order valence-corrected chi connectivity index (χ3v) is 4.38. The maximum atomic E-state index is 4.49. The first-order valence-electron chi connectivity index (χ1n) is 8.38. The van der Waals surface area contributed by atoms with Crippen LogP contribution in [0.15, 0.2) is 85.3 Å². The van der Waals surface area contributed by atoms with Gasteiger partial charge in [-0.2, -0.15) is 5.10 Å². The van der Waals surface area contributed by atoms with Crippen LogP contribution in [0.3, 0.4) is 0 Å². The Labute approximate surface area is 150 Å². The Hall–Kier alpha value is -3.73. The summed E-state index contributed by atoms with van der Waals surface area (Å²) < 4.78 is 1.82. The third-order valence-electron chi connectivity index (χ3n) is 4.38. The van der Waals surface area contributed by atoms with Gasteiger partial charge < -0.3 is 5.32 Å². The normalized spacial score (nSPS) is 11.1.